The monoisotopic (exact) mass is 473 g/mol. The number of aliphatic hydroxyl groups excluding tert-OH is 1. The van der Waals surface area contributed by atoms with Crippen molar-refractivity contribution in [1.29, 1.82) is 0 Å². The molecule has 0 bridgehead atoms. The van der Waals surface area contributed by atoms with Crippen LogP contribution in [0.2, 0.25) is 0 Å². The number of benzene rings is 2. The number of rotatable bonds is 10. The van der Waals surface area contributed by atoms with Gasteiger partial charge in [0.2, 0.25) is 0 Å². The molecule has 2 aromatic carbocycles. The maximum atomic E-state index is 13.2. The van der Waals surface area contributed by atoms with Gasteiger partial charge in [0.05, 0.1) is 24.5 Å². The molecule has 1 fully saturated rings. The normalized spacial score (nSPS) is 17.2. The highest BCUT2D eigenvalue weighted by Gasteiger charge is 2.45. The third-order valence-corrected chi connectivity index (χ3v) is 6.20. The minimum Gasteiger partial charge on any atom is -0.507 e. The Bertz CT molecular complexity index is 1200. The number of amides is 1. The van der Waals surface area contributed by atoms with Crippen molar-refractivity contribution in [3.8, 4) is 5.75 Å². The Morgan fingerprint density at radius 1 is 1.09 bits per heavy atom. The first-order valence-electron chi connectivity index (χ1n) is 12.1. The molecule has 1 aliphatic rings. The lowest BCUT2D eigenvalue weighted by molar-refractivity contribution is -0.139. The molecule has 0 saturated carbocycles. The first kappa shape index (κ1) is 24.3. The van der Waals surface area contributed by atoms with Crippen molar-refractivity contribution in [3.05, 3.63) is 89.5 Å². The Morgan fingerprint density at radius 3 is 2.57 bits per heavy atom. The minimum absolute atomic E-state index is 0.106. The number of hydrogen-bond donors (Lipinski definition) is 1. The average Bonchev–Trinajstić information content (AvgIpc) is 3.49. The highest BCUT2D eigenvalue weighted by atomic mass is 16.5. The summed E-state index contributed by atoms with van der Waals surface area (Å²) in [5.41, 5.74) is 2.51. The summed E-state index contributed by atoms with van der Waals surface area (Å²) in [6.07, 6.45) is 7.68. The number of likely N-dealkylation sites (tertiary alicyclic amines) is 1. The van der Waals surface area contributed by atoms with Gasteiger partial charge in [0.1, 0.15) is 11.5 Å². The Morgan fingerprint density at radius 2 is 1.89 bits per heavy atom. The summed E-state index contributed by atoms with van der Waals surface area (Å²) in [4.78, 5) is 32.0. The summed E-state index contributed by atoms with van der Waals surface area (Å²) >= 11 is 0. The molecule has 3 aromatic rings. The smallest absolute Gasteiger partial charge is 0.295 e. The Labute approximate surface area is 205 Å². The van der Waals surface area contributed by atoms with Crippen LogP contribution in [0, 0.1) is 0 Å². The number of nitrogens with zero attached hydrogens (tertiary/aromatic N) is 3. The second kappa shape index (κ2) is 11.0. The van der Waals surface area contributed by atoms with E-state index in [1.807, 2.05) is 48.0 Å². The number of aryl methyl sites for hydroxylation is 2. The zero-order valence-electron chi connectivity index (χ0n) is 20.2. The van der Waals surface area contributed by atoms with Crippen LogP contribution in [0.25, 0.3) is 5.76 Å². The average molecular weight is 474 g/mol. The maximum Gasteiger partial charge on any atom is 0.295 e. The van der Waals surface area contributed by atoms with Crippen LogP contribution in [0.3, 0.4) is 0 Å². The van der Waals surface area contributed by atoms with Crippen molar-refractivity contribution >= 4 is 17.4 Å². The summed E-state index contributed by atoms with van der Waals surface area (Å²) < 4.78 is 7.63. The van der Waals surface area contributed by atoms with Crippen LogP contribution in [-0.4, -0.2) is 44.4 Å². The van der Waals surface area contributed by atoms with Crippen molar-refractivity contribution in [3.63, 3.8) is 0 Å². The van der Waals surface area contributed by atoms with E-state index in [0.717, 1.165) is 24.0 Å². The summed E-state index contributed by atoms with van der Waals surface area (Å²) in [5.74, 6) is -0.851. The Kier molecular flexibility index (Phi) is 7.65. The van der Waals surface area contributed by atoms with E-state index in [2.05, 4.69) is 11.9 Å². The van der Waals surface area contributed by atoms with Crippen LogP contribution in [0.1, 0.15) is 49.4 Å². The topological polar surface area (TPSA) is 84.7 Å². The second-order valence-corrected chi connectivity index (χ2v) is 8.62. The van der Waals surface area contributed by atoms with E-state index < -0.39 is 17.7 Å². The Balaban J connectivity index is 1.71. The van der Waals surface area contributed by atoms with Crippen LogP contribution in [-0.2, 0) is 22.6 Å². The fourth-order valence-electron chi connectivity index (χ4n) is 4.34. The molecule has 1 aliphatic heterocycles. The lowest BCUT2D eigenvalue weighted by atomic mass is 9.94. The molecular formula is C28H31N3O4. The predicted octanol–water partition coefficient (Wildman–Crippen LogP) is 4.75. The van der Waals surface area contributed by atoms with Gasteiger partial charge in [0.15, 0.2) is 0 Å². The summed E-state index contributed by atoms with van der Waals surface area (Å²) in [5, 5.41) is 11.3. The standard InChI is InChI=1S/C28H31N3O4/c1-3-17-35-23-8-5-7-22(18-23)26(32)24-25(21-11-9-20(4-2)10-12-21)31(28(34)27(24)33)15-6-14-30-16-13-29-19-30/h5,7-13,16,18-19,25,32H,3-4,6,14-15,17H2,1-2H3. The summed E-state index contributed by atoms with van der Waals surface area (Å²) in [6, 6.07) is 14.2. The number of ketones is 1. The third-order valence-electron chi connectivity index (χ3n) is 6.20. The molecule has 7 nitrogen and oxygen atoms in total. The number of hydrogen-bond acceptors (Lipinski definition) is 5. The molecule has 1 unspecified atom stereocenters. The van der Waals surface area contributed by atoms with Gasteiger partial charge in [-0.1, -0.05) is 50.2 Å². The summed E-state index contributed by atoms with van der Waals surface area (Å²) in [7, 11) is 0. The molecule has 1 amide bonds. The van der Waals surface area contributed by atoms with Gasteiger partial charge in [-0.15, -0.1) is 0 Å². The van der Waals surface area contributed by atoms with Crippen LogP contribution >= 0.6 is 0 Å². The zero-order valence-corrected chi connectivity index (χ0v) is 20.2. The number of ether oxygens (including phenoxy) is 1. The molecule has 1 N–H and O–H groups in total. The van der Waals surface area contributed by atoms with Gasteiger partial charge in [-0.2, -0.15) is 0 Å². The minimum atomic E-state index is -0.672. The first-order chi connectivity index (χ1) is 17.0. The molecule has 35 heavy (non-hydrogen) atoms. The fraction of sp³-hybridized carbons (Fsp3) is 0.321. The number of carbonyl (C=O) groups excluding carboxylic acids is 2. The fourth-order valence-corrected chi connectivity index (χ4v) is 4.34. The molecule has 0 spiro atoms. The number of carbonyl (C=O) groups is 2. The maximum absolute atomic E-state index is 13.2. The molecule has 182 valence electrons. The quantitative estimate of drug-likeness (QED) is 0.261. The first-order valence-corrected chi connectivity index (χ1v) is 12.1. The predicted molar refractivity (Wildman–Crippen MR) is 134 cm³/mol. The third kappa shape index (κ3) is 5.29. The number of imidazole rings is 1. The van der Waals surface area contributed by atoms with Crippen LogP contribution in [0.5, 0.6) is 5.75 Å². The second-order valence-electron chi connectivity index (χ2n) is 8.62. The Hall–Kier alpha value is -3.87. The molecular weight excluding hydrogens is 442 g/mol. The molecule has 1 atom stereocenters. The van der Waals surface area contributed by atoms with Crippen LogP contribution in [0.4, 0.5) is 0 Å². The van der Waals surface area contributed by atoms with E-state index >= 15 is 0 Å². The number of aromatic nitrogens is 2. The largest absolute Gasteiger partial charge is 0.507 e. The van der Waals surface area contributed by atoms with Crippen molar-refractivity contribution in [2.75, 3.05) is 13.2 Å². The SMILES string of the molecule is CCCOc1cccc(C(O)=C2C(=O)C(=O)N(CCCn3ccnc3)C2c2ccc(CC)cc2)c1. The van der Waals surface area contributed by atoms with Gasteiger partial charge in [-0.05, 0) is 42.5 Å². The molecule has 7 heteroatoms. The molecule has 2 heterocycles. The van der Waals surface area contributed by atoms with E-state index in [4.69, 9.17) is 4.74 Å². The zero-order chi connectivity index (χ0) is 24.8. The van der Waals surface area contributed by atoms with Crippen molar-refractivity contribution in [2.45, 2.75) is 45.7 Å². The van der Waals surface area contributed by atoms with Crippen LogP contribution < -0.4 is 4.74 Å². The highest BCUT2D eigenvalue weighted by Crippen LogP contribution is 2.40. The lowest BCUT2D eigenvalue weighted by Gasteiger charge is -2.25. The van der Waals surface area contributed by atoms with E-state index in [9.17, 15) is 14.7 Å². The number of aliphatic hydroxyl groups is 1. The van der Waals surface area contributed by atoms with Gasteiger partial charge < -0.3 is 19.3 Å². The van der Waals surface area contributed by atoms with Gasteiger partial charge in [0, 0.05) is 31.0 Å². The molecule has 4 rings (SSSR count). The van der Waals surface area contributed by atoms with E-state index in [1.54, 1.807) is 35.6 Å². The molecule has 0 radical (unpaired) electrons. The molecule has 0 aliphatic carbocycles. The van der Waals surface area contributed by atoms with Crippen molar-refractivity contribution in [1.82, 2.24) is 14.5 Å². The highest BCUT2D eigenvalue weighted by molar-refractivity contribution is 6.46. The van der Waals surface area contributed by atoms with Crippen LogP contribution in [0.15, 0.2) is 72.8 Å². The number of Topliss-reactive ketones (excluding diaryl/α,β-unsaturated/α-hetero) is 1. The summed E-state index contributed by atoms with van der Waals surface area (Å²) in [6.45, 7) is 5.68. The van der Waals surface area contributed by atoms with Crippen molar-refractivity contribution < 1.29 is 19.4 Å². The molecule has 1 saturated heterocycles. The van der Waals surface area contributed by atoms with Gasteiger partial charge in [-0.25, -0.2) is 4.98 Å². The van der Waals surface area contributed by atoms with Crippen molar-refractivity contribution in [2.24, 2.45) is 0 Å². The van der Waals surface area contributed by atoms with E-state index in [0.29, 0.717) is 37.4 Å². The van der Waals surface area contributed by atoms with Gasteiger partial charge in [0.25, 0.3) is 11.7 Å². The van der Waals surface area contributed by atoms with Gasteiger partial charge >= 0.3 is 0 Å². The molecule has 1 aromatic heterocycles. The van der Waals surface area contributed by atoms with E-state index in [1.165, 1.54) is 0 Å². The lowest BCUT2D eigenvalue weighted by Crippen LogP contribution is -2.31. The van der Waals surface area contributed by atoms with E-state index in [-0.39, 0.29) is 11.3 Å². The van der Waals surface area contributed by atoms with Gasteiger partial charge in [-0.3, -0.25) is 9.59 Å².